The second-order valence-corrected chi connectivity index (χ2v) is 2.93. The number of terminal acetylenes is 1. The minimum atomic E-state index is 0.890. The molecule has 14 heavy (non-hydrogen) atoms. The van der Waals surface area contributed by atoms with Gasteiger partial charge in [0.05, 0.1) is 11.2 Å². The van der Waals surface area contributed by atoms with E-state index in [1.165, 1.54) is 0 Å². The summed E-state index contributed by atoms with van der Waals surface area (Å²) in [6.45, 7) is 0. The van der Waals surface area contributed by atoms with E-state index in [-0.39, 0.29) is 0 Å². The first-order chi connectivity index (χ1) is 6.90. The van der Waals surface area contributed by atoms with E-state index in [4.69, 9.17) is 6.42 Å². The third-order valence-corrected chi connectivity index (χ3v) is 1.97. The number of rotatable bonds is 1. The minimum Gasteiger partial charge on any atom is -0.248 e. The Hall–Kier alpha value is -2.07. The predicted octanol–water partition coefficient (Wildman–Crippen LogP) is 2.88. The van der Waals surface area contributed by atoms with Crippen LogP contribution in [0.5, 0.6) is 0 Å². The van der Waals surface area contributed by atoms with E-state index in [0.717, 1.165) is 16.6 Å². The number of para-hydroxylation sites is 1. The van der Waals surface area contributed by atoms with E-state index < -0.39 is 0 Å². The van der Waals surface area contributed by atoms with Crippen LogP contribution in [0, 0.1) is 12.3 Å². The molecule has 0 aliphatic heterocycles. The summed E-state index contributed by atoms with van der Waals surface area (Å²) in [6.07, 6.45) is 8.60. The van der Waals surface area contributed by atoms with Gasteiger partial charge in [0.25, 0.3) is 0 Å². The van der Waals surface area contributed by atoms with Gasteiger partial charge in [-0.05, 0) is 24.3 Å². The van der Waals surface area contributed by atoms with Crippen LogP contribution in [0.1, 0.15) is 5.69 Å². The van der Waals surface area contributed by atoms with E-state index in [0.29, 0.717) is 0 Å². The molecule has 0 atom stereocenters. The number of allylic oxidation sites excluding steroid dienone is 1. The van der Waals surface area contributed by atoms with Crippen LogP contribution in [0.25, 0.3) is 17.0 Å². The summed E-state index contributed by atoms with van der Waals surface area (Å²) in [7, 11) is 0. The van der Waals surface area contributed by atoms with Crippen molar-refractivity contribution in [1.82, 2.24) is 4.98 Å². The van der Waals surface area contributed by atoms with Gasteiger partial charge in [0.1, 0.15) is 0 Å². The van der Waals surface area contributed by atoms with Crippen molar-refractivity contribution in [3.63, 3.8) is 0 Å². The zero-order chi connectivity index (χ0) is 9.80. The van der Waals surface area contributed by atoms with Crippen molar-refractivity contribution < 1.29 is 0 Å². The Balaban J connectivity index is 2.52. The molecular weight excluding hydrogens is 170 g/mol. The molecule has 0 saturated heterocycles. The Morgan fingerprint density at radius 3 is 2.86 bits per heavy atom. The quantitative estimate of drug-likeness (QED) is 0.613. The lowest BCUT2D eigenvalue weighted by Gasteiger charge is -1.97. The molecule has 0 spiro atoms. The molecule has 0 radical (unpaired) electrons. The Kier molecular flexibility index (Phi) is 2.29. The minimum absolute atomic E-state index is 0.890. The Morgan fingerprint density at radius 2 is 2.00 bits per heavy atom. The maximum Gasteiger partial charge on any atom is 0.0709 e. The first-order valence-corrected chi connectivity index (χ1v) is 4.38. The second-order valence-electron chi connectivity index (χ2n) is 2.93. The maximum atomic E-state index is 5.12. The molecule has 0 bridgehead atoms. The molecule has 2 rings (SSSR count). The summed E-state index contributed by atoms with van der Waals surface area (Å²) >= 11 is 0. The molecule has 1 heteroatoms. The fraction of sp³-hybridized carbons (Fsp3) is 0. The molecule has 1 aromatic heterocycles. The standard InChI is InChI=1S/C13H9N/c1-2-3-7-12-10-9-11-6-4-5-8-13(11)14-12/h1,3-10H/b7-3-. The smallest absolute Gasteiger partial charge is 0.0709 e. The van der Waals surface area contributed by atoms with Crippen molar-refractivity contribution in [2.45, 2.75) is 0 Å². The van der Waals surface area contributed by atoms with Crippen LogP contribution in [-0.2, 0) is 0 Å². The molecule has 0 aliphatic rings. The maximum absolute atomic E-state index is 5.12. The molecular formula is C13H9N. The van der Waals surface area contributed by atoms with E-state index in [1.54, 1.807) is 6.08 Å². The first-order valence-electron chi connectivity index (χ1n) is 4.38. The van der Waals surface area contributed by atoms with Gasteiger partial charge in [0, 0.05) is 5.39 Å². The van der Waals surface area contributed by atoms with Crippen molar-refractivity contribution in [1.29, 1.82) is 0 Å². The van der Waals surface area contributed by atoms with Gasteiger partial charge in [-0.1, -0.05) is 30.2 Å². The van der Waals surface area contributed by atoms with Crippen molar-refractivity contribution in [3.8, 4) is 12.3 Å². The largest absolute Gasteiger partial charge is 0.248 e. The van der Waals surface area contributed by atoms with E-state index in [9.17, 15) is 0 Å². The average molecular weight is 179 g/mol. The molecule has 0 amide bonds. The lowest BCUT2D eigenvalue weighted by Crippen LogP contribution is -1.81. The van der Waals surface area contributed by atoms with Gasteiger partial charge in [-0.3, -0.25) is 0 Å². The predicted molar refractivity (Wildman–Crippen MR) is 59.6 cm³/mol. The van der Waals surface area contributed by atoms with Crippen molar-refractivity contribution in [3.05, 3.63) is 48.2 Å². The number of hydrogen-bond acceptors (Lipinski definition) is 1. The van der Waals surface area contributed by atoms with E-state index >= 15 is 0 Å². The summed E-state index contributed by atoms with van der Waals surface area (Å²) in [6, 6.07) is 12.0. The molecule has 0 aliphatic carbocycles. The van der Waals surface area contributed by atoms with Crippen molar-refractivity contribution in [2.75, 3.05) is 0 Å². The van der Waals surface area contributed by atoms with Gasteiger partial charge in [-0.15, -0.1) is 6.42 Å². The third kappa shape index (κ3) is 1.65. The van der Waals surface area contributed by atoms with Crippen molar-refractivity contribution in [2.24, 2.45) is 0 Å². The zero-order valence-corrected chi connectivity index (χ0v) is 7.64. The molecule has 1 aromatic carbocycles. The fourth-order valence-corrected chi connectivity index (χ4v) is 1.31. The molecule has 1 heterocycles. The third-order valence-electron chi connectivity index (χ3n) is 1.97. The van der Waals surface area contributed by atoms with Crippen molar-refractivity contribution >= 4 is 17.0 Å². The van der Waals surface area contributed by atoms with Crippen LogP contribution in [-0.4, -0.2) is 4.98 Å². The number of benzene rings is 1. The van der Waals surface area contributed by atoms with Crippen LogP contribution in [0.4, 0.5) is 0 Å². The average Bonchev–Trinajstić information content (AvgIpc) is 2.26. The zero-order valence-electron chi connectivity index (χ0n) is 7.64. The topological polar surface area (TPSA) is 12.9 Å². The van der Waals surface area contributed by atoms with E-state index in [2.05, 4.69) is 10.9 Å². The first kappa shape index (κ1) is 8.52. The number of aromatic nitrogens is 1. The summed E-state index contributed by atoms with van der Waals surface area (Å²) in [5.74, 6) is 2.44. The lowest BCUT2D eigenvalue weighted by molar-refractivity contribution is 1.37. The Morgan fingerprint density at radius 1 is 1.14 bits per heavy atom. The summed E-state index contributed by atoms with van der Waals surface area (Å²) in [4.78, 5) is 4.43. The molecule has 0 fully saturated rings. The van der Waals surface area contributed by atoms with Gasteiger partial charge in [0.2, 0.25) is 0 Å². The number of nitrogens with zero attached hydrogens (tertiary/aromatic N) is 1. The molecule has 1 nitrogen and oxygen atoms in total. The SMILES string of the molecule is C#C/C=C\c1ccc2ccccc2n1. The van der Waals surface area contributed by atoms with Gasteiger partial charge < -0.3 is 0 Å². The summed E-state index contributed by atoms with van der Waals surface area (Å²) in [5.41, 5.74) is 1.88. The second kappa shape index (κ2) is 3.76. The van der Waals surface area contributed by atoms with Gasteiger partial charge >= 0.3 is 0 Å². The molecule has 0 unspecified atom stereocenters. The lowest BCUT2D eigenvalue weighted by atomic mass is 10.2. The molecule has 66 valence electrons. The van der Waals surface area contributed by atoms with Gasteiger partial charge in [-0.2, -0.15) is 0 Å². The summed E-state index contributed by atoms with van der Waals surface area (Å²) < 4.78 is 0. The van der Waals surface area contributed by atoms with Crippen LogP contribution in [0.3, 0.4) is 0 Å². The highest BCUT2D eigenvalue weighted by Gasteiger charge is 1.93. The summed E-state index contributed by atoms with van der Waals surface area (Å²) in [5, 5.41) is 1.14. The normalized spacial score (nSPS) is 10.5. The number of pyridine rings is 1. The van der Waals surface area contributed by atoms with Crippen LogP contribution in [0.15, 0.2) is 42.5 Å². The van der Waals surface area contributed by atoms with Gasteiger partial charge in [-0.25, -0.2) is 4.98 Å². The highest BCUT2D eigenvalue weighted by atomic mass is 14.7. The van der Waals surface area contributed by atoms with Crippen LogP contribution < -0.4 is 0 Å². The van der Waals surface area contributed by atoms with Gasteiger partial charge in [0.15, 0.2) is 0 Å². The fourth-order valence-electron chi connectivity index (χ4n) is 1.31. The highest BCUT2D eigenvalue weighted by molar-refractivity contribution is 5.79. The van der Waals surface area contributed by atoms with E-state index in [1.807, 2.05) is 42.5 Å². The Bertz CT molecular complexity index is 518. The van der Waals surface area contributed by atoms with Crippen LogP contribution >= 0.6 is 0 Å². The molecule has 0 N–H and O–H groups in total. The molecule has 0 saturated carbocycles. The molecule has 2 aromatic rings. The van der Waals surface area contributed by atoms with Crippen LogP contribution in [0.2, 0.25) is 0 Å². The Labute approximate surface area is 83.1 Å². The highest BCUT2D eigenvalue weighted by Crippen LogP contribution is 2.12. The number of fused-ring (bicyclic) bond motifs is 1. The monoisotopic (exact) mass is 179 g/mol. The number of hydrogen-bond donors (Lipinski definition) is 0.